The number of hydrogen-bond acceptors (Lipinski definition) is 2. The molecule has 0 aromatic heterocycles. The molecule has 0 saturated carbocycles. The third-order valence-corrected chi connectivity index (χ3v) is 1.94. The second-order valence-electron chi connectivity index (χ2n) is 3.37. The topological polar surface area (TPSA) is 36.2 Å². The molecule has 0 saturated heterocycles. The first-order valence-corrected chi connectivity index (χ1v) is 4.37. The highest BCUT2D eigenvalue weighted by Crippen LogP contribution is 2.13. The predicted molar refractivity (Wildman–Crippen MR) is 56.4 cm³/mol. The van der Waals surface area contributed by atoms with E-state index < -0.39 is 0 Å². The fourth-order valence-corrected chi connectivity index (χ4v) is 1.01. The van der Waals surface area contributed by atoms with Crippen LogP contribution in [0, 0.1) is 11.3 Å². The molecule has 0 aliphatic carbocycles. The molecule has 0 unspecified atom stereocenters. The minimum atomic E-state index is 0.380. The molecule has 13 heavy (non-hydrogen) atoms. The van der Waals surface area contributed by atoms with Crippen LogP contribution in [0.3, 0.4) is 0 Å². The highest BCUT2D eigenvalue weighted by molar-refractivity contribution is 6.04. The van der Waals surface area contributed by atoms with E-state index in [4.69, 9.17) is 5.41 Å². The van der Waals surface area contributed by atoms with Crippen LogP contribution in [0.5, 0.6) is 0 Å². The van der Waals surface area contributed by atoms with E-state index in [1.54, 1.807) is 6.21 Å². The van der Waals surface area contributed by atoms with Crippen molar-refractivity contribution >= 4 is 12.4 Å². The molecule has 0 radical (unpaired) electrons. The molecule has 0 aromatic rings. The molecular formula is C11H14N2. The fraction of sp³-hybridized carbons (Fsp3) is 0.364. The SMILES string of the molecule is CC1=C(C=N)C=NC(C(C)C)=C=C1. The standard InChI is InChI=1S/C11H14N2/c1-8(2)11-5-4-9(3)10(6-12)7-13-11/h4,6-8,12H,1-3H3. The zero-order valence-corrected chi connectivity index (χ0v) is 8.26. The summed E-state index contributed by atoms with van der Waals surface area (Å²) < 4.78 is 0. The minimum absolute atomic E-state index is 0.380. The number of rotatable bonds is 2. The van der Waals surface area contributed by atoms with Crippen molar-refractivity contribution in [3.8, 4) is 0 Å². The lowest BCUT2D eigenvalue weighted by molar-refractivity contribution is 0.762. The number of nitrogens with one attached hydrogen (secondary N) is 1. The second kappa shape index (κ2) is 4.01. The zero-order valence-electron chi connectivity index (χ0n) is 8.26. The van der Waals surface area contributed by atoms with E-state index in [0.29, 0.717) is 5.92 Å². The van der Waals surface area contributed by atoms with Crippen molar-refractivity contribution in [1.82, 2.24) is 0 Å². The van der Waals surface area contributed by atoms with Gasteiger partial charge in [-0.15, -0.1) is 0 Å². The molecule has 0 spiro atoms. The summed E-state index contributed by atoms with van der Waals surface area (Å²) >= 11 is 0. The van der Waals surface area contributed by atoms with Gasteiger partial charge in [0.2, 0.25) is 0 Å². The first kappa shape index (κ1) is 9.69. The van der Waals surface area contributed by atoms with E-state index in [2.05, 4.69) is 24.6 Å². The van der Waals surface area contributed by atoms with E-state index in [9.17, 15) is 0 Å². The third kappa shape index (κ3) is 2.27. The number of aliphatic imine (C=N–C) groups is 1. The van der Waals surface area contributed by atoms with Crippen molar-refractivity contribution in [3.05, 3.63) is 28.7 Å². The van der Waals surface area contributed by atoms with E-state index in [1.807, 2.05) is 13.0 Å². The number of nitrogens with zero attached hydrogens (tertiary/aromatic N) is 1. The van der Waals surface area contributed by atoms with Crippen LogP contribution in [0.25, 0.3) is 0 Å². The Hall–Kier alpha value is -1.40. The Morgan fingerprint density at radius 1 is 1.54 bits per heavy atom. The van der Waals surface area contributed by atoms with Crippen molar-refractivity contribution in [2.45, 2.75) is 20.8 Å². The summed E-state index contributed by atoms with van der Waals surface area (Å²) in [5, 5.41) is 7.17. The molecule has 0 fully saturated rings. The number of hydrogen-bond donors (Lipinski definition) is 1. The zero-order chi connectivity index (χ0) is 9.84. The van der Waals surface area contributed by atoms with Crippen LogP contribution in [-0.4, -0.2) is 12.4 Å². The van der Waals surface area contributed by atoms with Crippen LogP contribution < -0.4 is 0 Å². The summed E-state index contributed by atoms with van der Waals surface area (Å²) in [7, 11) is 0. The maximum absolute atomic E-state index is 7.17. The Balaban J connectivity index is 3.08. The smallest absolute Gasteiger partial charge is 0.0846 e. The van der Waals surface area contributed by atoms with Gasteiger partial charge in [0.25, 0.3) is 0 Å². The van der Waals surface area contributed by atoms with Crippen molar-refractivity contribution in [1.29, 1.82) is 5.41 Å². The van der Waals surface area contributed by atoms with Crippen LogP contribution in [0.1, 0.15) is 20.8 Å². The predicted octanol–water partition coefficient (Wildman–Crippen LogP) is 2.73. The van der Waals surface area contributed by atoms with Crippen LogP contribution in [0.15, 0.2) is 33.6 Å². The molecule has 0 atom stereocenters. The Bertz CT molecular complexity index is 337. The van der Waals surface area contributed by atoms with Crippen molar-refractivity contribution in [2.24, 2.45) is 10.9 Å². The van der Waals surface area contributed by atoms with Crippen molar-refractivity contribution < 1.29 is 0 Å². The molecule has 1 heterocycles. The van der Waals surface area contributed by atoms with Gasteiger partial charge in [0.15, 0.2) is 0 Å². The molecule has 1 aliphatic heterocycles. The molecule has 0 aromatic carbocycles. The fourth-order valence-electron chi connectivity index (χ4n) is 1.01. The molecule has 0 bridgehead atoms. The quantitative estimate of drug-likeness (QED) is 0.493. The highest BCUT2D eigenvalue weighted by Gasteiger charge is 2.02. The molecule has 2 heteroatoms. The summed E-state index contributed by atoms with van der Waals surface area (Å²) in [5.74, 6) is 0.380. The average Bonchev–Trinajstić information content (AvgIpc) is 2.27. The maximum Gasteiger partial charge on any atom is 0.0846 e. The lowest BCUT2D eigenvalue weighted by atomic mass is 10.1. The Kier molecular flexibility index (Phi) is 2.99. The molecule has 0 amide bonds. The molecular weight excluding hydrogens is 160 g/mol. The molecule has 2 nitrogen and oxygen atoms in total. The first-order chi connectivity index (χ1) is 6.15. The van der Waals surface area contributed by atoms with Gasteiger partial charge in [0, 0.05) is 23.9 Å². The largest absolute Gasteiger partial charge is 0.308 e. The molecule has 68 valence electrons. The Morgan fingerprint density at radius 2 is 2.23 bits per heavy atom. The van der Waals surface area contributed by atoms with Gasteiger partial charge < -0.3 is 5.41 Å². The van der Waals surface area contributed by atoms with Crippen LogP contribution in [0.2, 0.25) is 0 Å². The second-order valence-corrected chi connectivity index (χ2v) is 3.37. The van der Waals surface area contributed by atoms with Crippen molar-refractivity contribution in [3.63, 3.8) is 0 Å². The van der Waals surface area contributed by atoms with Gasteiger partial charge in [-0.05, 0) is 18.6 Å². The van der Waals surface area contributed by atoms with Gasteiger partial charge in [-0.25, -0.2) is 0 Å². The Morgan fingerprint density at radius 3 is 2.77 bits per heavy atom. The first-order valence-electron chi connectivity index (χ1n) is 4.37. The molecule has 1 rings (SSSR count). The van der Waals surface area contributed by atoms with Gasteiger partial charge >= 0.3 is 0 Å². The summed E-state index contributed by atoms with van der Waals surface area (Å²) in [5.41, 5.74) is 5.96. The van der Waals surface area contributed by atoms with Crippen LogP contribution in [0.4, 0.5) is 0 Å². The van der Waals surface area contributed by atoms with E-state index in [0.717, 1.165) is 16.8 Å². The summed E-state index contributed by atoms with van der Waals surface area (Å²) in [6.45, 7) is 6.12. The highest BCUT2D eigenvalue weighted by atomic mass is 14.7. The van der Waals surface area contributed by atoms with Gasteiger partial charge in [-0.2, -0.15) is 0 Å². The Labute approximate surface area is 78.9 Å². The van der Waals surface area contributed by atoms with Gasteiger partial charge in [0.1, 0.15) is 0 Å². The summed E-state index contributed by atoms with van der Waals surface area (Å²) in [6, 6.07) is 0. The van der Waals surface area contributed by atoms with Gasteiger partial charge in [0.05, 0.1) is 5.70 Å². The number of allylic oxidation sites excluding steroid dienone is 3. The third-order valence-electron chi connectivity index (χ3n) is 1.94. The van der Waals surface area contributed by atoms with Gasteiger partial charge in [-0.3, -0.25) is 4.99 Å². The van der Waals surface area contributed by atoms with E-state index in [1.165, 1.54) is 6.21 Å². The summed E-state index contributed by atoms with van der Waals surface area (Å²) in [6.07, 6.45) is 4.94. The lowest BCUT2D eigenvalue weighted by Gasteiger charge is -1.99. The summed E-state index contributed by atoms with van der Waals surface area (Å²) in [4.78, 5) is 4.27. The molecule has 1 aliphatic rings. The van der Waals surface area contributed by atoms with Gasteiger partial charge in [-0.1, -0.05) is 19.6 Å². The maximum atomic E-state index is 7.17. The minimum Gasteiger partial charge on any atom is -0.308 e. The molecule has 1 N–H and O–H groups in total. The van der Waals surface area contributed by atoms with Crippen molar-refractivity contribution in [2.75, 3.05) is 0 Å². The van der Waals surface area contributed by atoms with Crippen LogP contribution >= 0.6 is 0 Å². The van der Waals surface area contributed by atoms with E-state index >= 15 is 0 Å². The van der Waals surface area contributed by atoms with Crippen LogP contribution in [-0.2, 0) is 0 Å². The average molecular weight is 174 g/mol. The normalized spacial score (nSPS) is 16.2. The monoisotopic (exact) mass is 174 g/mol. The van der Waals surface area contributed by atoms with E-state index in [-0.39, 0.29) is 0 Å². The lowest BCUT2D eigenvalue weighted by Crippen LogP contribution is -1.91.